The number of carbonyl (C=O) groups excluding carboxylic acids is 2. The molecule has 34 heavy (non-hydrogen) atoms. The number of nitrogens with zero attached hydrogens (tertiary/aromatic N) is 1. The quantitative estimate of drug-likeness (QED) is 0.633. The number of amides is 2. The second-order valence-corrected chi connectivity index (χ2v) is 11.3. The van der Waals surface area contributed by atoms with Crippen LogP contribution in [0.1, 0.15) is 54.4 Å². The van der Waals surface area contributed by atoms with Gasteiger partial charge in [-0.3, -0.25) is 9.59 Å². The molecule has 1 unspecified atom stereocenters. The molecule has 4 rings (SSSR count). The van der Waals surface area contributed by atoms with Crippen LogP contribution in [-0.2, 0) is 20.6 Å². The lowest BCUT2D eigenvalue weighted by molar-refractivity contribution is -0.127. The smallest absolute Gasteiger partial charge is 0.251 e. The van der Waals surface area contributed by atoms with E-state index >= 15 is 0 Å². The highest BCUT2D eigenvalue weighted by Gasteiger charge is 2.35. The highest BCUT2D eigenvalue weighted by molar-refractivity contribution is 7.88. The molecule has 0 spiro atoms. The van der Waals surface area contributed by atoms with Gasteiger partial charge in [0.05, 0.1) is 11.7 Å². The van der Waals surface area contributed by atoms with Gasteiger partial charge >= 0.3 is 0 Å². The van der Waals surface area contributed by atoms with E-state index in [1.807, 2.05) is 36.4 Å². The number of benzene rings is 2. The normalized spacial score (nSPS) is 23.7. The van der Waals surface area contributed by atoms with Gasteiger partial charge in [-0.25, -0.2) is 12.7 Å². The molecule has 2 N–H and O–H groups in total. The van der Waals surface area contributed by atoms with Gasteiger partial charge in [-0.2, -0.15) is 0 Å². The molecule has 182 valence electrons. The molecule has 0 aromatic heterocycles. The van der Waals surface area contributed by atoms with Crippen LogP contribution in [0.4, 0.5) is 0 Å². The van der Waals surface area contributed by atoms with Crippen LogP contribution < -0.4 is 10.6 Å². The topological polar surface area (TPSA) is 95.6 Å². The van der Waals surface area contributed by atoms with E-state index in [4.69, 9.17) is 0 Å². The lowest BCUT2D eigenvalue weighted by atomic mass is 9.89. The third-order valence-corrected chi connectivity index (χ3v) is 8.60. The van der Waals surface area contributed by atoms with Crippen LogP contribution in [0.3, 0.4) is 0 Å². The third kappa shape index (κ3) is 6.24. The summed E-state index contributed by atoms with van der Waals surface area (Å²) < 4.78 is 27.4. The minimum absolute atomic E-state index is 0.0571. The van der Waals surface area contributed by atoms with Gasteiger partial charge in [-0.1, -0.05) is 61.4 Å². The number of piperidine rings is 1. The van der Waals surface area contributed by atoms with Gasteiger partial charge in [0.15, 0.2) is 0 Å². The second kappa shape index (κ2) is 11.1. The van der Waals surface area contributed by atoms with Crippen molar-refractivity contribution in [2.75, 3.05) is 13.1 Å². The van der Waals surface area contributed by atoms with Gasteiger partial charge in [0.2, 0.25) is 15.9 Å². The third-order valence-electron chi connectivity index (χ3n) is 6.79. The number of carbonyl (C=O) groups is 2. The number of nitrogens with one attached hydrogen (secondary N) is 2. The van der Waals surface area contributed by atoms with Crippen LogP contribution in [0, 0.1) is 5.92 Å². The minimum Gasteiger partial charge on any atom is -0.351 e. The van der Waals surface area contributed by atoms with Crippen LogP contribution in [0.25, 0.3) is 0 Å². The molecule has 1 saturated heterocycles. The van der Waals surface area contributed by atoms with Crippen molar-refractivity contribution >= 4 is 21.8 Å². The molecule has 1 heterocycles. The highest BCUT2D eigenvalue weighted by Crippen LogP contribution is 2.24. The van der Waals surface area contributed by atoms with Crippen LogP contribution in [0.15, 0.2) is 60.7 Å². The Balaban J connectivity index is 1.36. The van der Waals surface area contributed by atoms with Gasteiger partial charge in [-0.15, -0.1) is 0 Å². The number of hydrogen-bond acceptors (Lipinski definition) is 4. The molecule has 1 aliphatic heterocycles. The van der Waals surface area contributed by atoms with Crippen molar-refractivity contribution in [2.24, 2.45) is 5.92 Å². The van der Waals surface area contributed by atoms with Crippen LogP contribution >= 0.6 is 0 Å². The summed E-state index contributed by atoms with van der Waals surface area (Å²) in [4.78, 5) is 25.8. The van der Waals surface area contributed by atoms with Gasteiger partial charge in [0.1, 0.15) is 0 Å². The Bertz CT molecular complexity index is 1080. The number of hydrogen-bond donors (Lipinski definition) is 2. The molecular weight excluding hydrogens is 450 g/mol. The van der Waals surface area contributed by atoms with Crippen LogP contribution in [0.5, 0.6) is 0 Å². The summed E-state index contributed by atoms with van der Waals surface area (Å²) in [7, 11) is -3.50. The molecule has 7 nitrogen and oxygen atoms in total. The molecule has 2 aliphatic rings. The fourth-order valence-corrected chi connectivity index (χ4v) is 6.51. The largest absolute Gasteiger partial charge is 0.351 e. The Kier molecular flexibility index (Phi) is 8.00. The van der Waals surface area contributed by atoms with Crippen molar-refractivity contribution in [1.29, 1.82) is 0 Å². The Hall–Kier alpha value is -2.71. The Morgan fingerprint density at radius 2 is 1.44 bits per heavy atom. The first-order valence-electron chi connectivity index (χ1n) is 12.1. The van der Waals surface area contributed by atoms with E-state index < -0.39 is 10.0 Å². The van der Waals surface area contributed by atoms with Gasteiger partial charge in [0.25, 0.3) is 5.91 Å². The summed E-state index contributed by atoms with van der Waals surface area (Å²) in [6.45, 7) is 0.646. The average molecular weight is 484 g/mol. The molecule has 2 aromatic carbocycles. The van der Waals surface area contributed by atoms with Crippen LogP contribution in [-0.4, -0.2) is 49.7 Å². The fourth-order valence-electron chi connectivity index (χ4n) is 4.90. The van der Waals surface area contributed by atoms with Crippen molar-refractivity contribution in [3.8, 4) is 0 Å². The lowest BCUT2D eigenvalue weighted by Crippen LogP contribution is -2.55. The Morgan fingerprint density at radius 1 is 0.824 bits per heavy atom. The zero-order valence-corrected chi connectivity index (χ0v) is 20.2. The Labute approximate surface area is 202 Å². The van der Waals surface area contributed by atoms with Gasteiger partial charge in [0, 0.05) is 30.7 Å². The van der Waals surface area contributed by atoms with Gasteiger partial charge in [-0.05, 0) is 43.4 Å². The lowest BCUT2D eigenvalue weighted by Gasteiger charge is -2.36. The predicted octanol–water partition coefficient (Wildman–Crippen LogP) is 3.09. The molecular formula is C26H33N3O4S. The summed E-state index contributed by atoms with van der Waals surface area (Å²) >= 11 is 0. The monoisotopic (exact) mass is 483 g/mol. The highest BCUT2D eigenvalue weighted by atomic mass is 32.2. The van der Waals surface area contributed by atoms with E-state index in [1.54, 1.807) is 24.3 Å². The maximum absolute atomic E-state index is 13.2. The molecule has 1 saturated carbocycles. The summed E-state index contributed by atoms with van der Waals surface area (Å²) in [5.41, 5.74) is 1.35. The molecule has 1 aliphatic carbocycles. The van der Waals surface area contributed by atoms with E-state index in [-0.39, 0.29) is 42.1 Å². The fraction of sp³-hybridized carbons (Fsp3) is 0.462. The van der Waals surface area contributed by atoms with Crippen molar-refractivity contribution in [3.63, 3.8) is 0 Å². The zero-order valence-electron chi connectivity index (χ0n) is 19.4. The first-order valence-corrected chi connectivity index (χ1v) is 13.7. The summed E-state index contributed by atoms with van der Waals surface area (Å²) in [5.74, 6) is -0.696. The maximum atomic E-state index is 13.2. The first kappa shape index (κ1) is 24.4. The van der Waals surface area contributed by atoms with E-state index in [9.17, 15) is 18.0 Å². The van der Waals surface area contributed by atoms with E-state index in [2.05, 4.69) is 10.6 Å². The summed E-state index contributed by atoms with van der Waals surface area (Å²) in [6.07, 6.45) is 4.92. The van der Waals surface area contributed by atoms with Crippen molar-refractivity contribution in [3.05, 3.63) is 71.8 Å². The Morgan fingerprint density at radius 3 is 2.12 bits per heavy atom. The molecule has 2 aromatic rings. The second-order valence-electron chi connectivity index (χ2n) is 9.28. The summed E-state index contributed by atoms with van der Waals surface area (Å²) in [5, 5.41) is 6.24. The molecule has 2 amide bonds. The first-order chi connectivity index (χ1) is 16.4. The number of rotatable bonds is 7. The maximum Gasteiger partial charge on any atom is 0.251 e. The van der Waals surface area contributed by atoms with Crippen molar-refractivity contribution in [1.82, 2.24) is 14.9 Å². The minimum atomic E-state index is -3.50. The molecule has 3 atom stereocenters. The van der Waals surface area contributed by atoms with Crippen molar-refractivity contribution in [2.45, 2.75) is 56.4 Å². The van der Waals surface area contributed by atoms with Crippen molar-refractivity contribution < 1.29 is 18.0 Å². The molecule has 2 fully saturated rings. The summed E-state index contributed by atoms with van der Waals surface area (Å²) in [6, 6.07) is 17.9. The average Bonchev–Trinajstić information content (AvgIpc) is 2.86. The number of sulfonamides is 1. The zero-order chi connectivity index (χ0) is 24.0. The standard InChI is InChI=1S/C26H33N3O4S/c30-25(21-12-5-2-6-13-21)27-23-15-7-8-16-24(23)28-26(31)22-14-9-17-29(18-22)34(32,33)19-20-10-3-1-4-11-20/h1-6,10-13,22-24H,7-9,14-19H2,(H,27,30)(H,28,31)/t22?,23-,24-/m1/s1. The predicted molar refractivity (Wildman–Crippen MR) is 131 cm³/mol. The van der Waals surface area contributed by atoms with E-state index in [1.165, 1.54) is 4.31 Å². The van der Waals surface area contributed by atoms with E-state index in [0.29, 0.717) is 24.9 Å². The SMILES string of the molecule is O=C(N[C@@H]1CCCC[C@H]1NC(=O)C1CCCN(S(=O)(=O)Cc2ccccc2)C1)c1ccccc1. The van der Waals surface area contributed by atoms with E-state index in [0.717, 1.165) is 31.2 Å². The molecule has 8 heteroatoms. The molecule has 0 radical (unpaired) electrons. The molecule has 0 bridgehead atoms. The van der Waals surface area contributed by atoms with Crippen LogP contribution in [0.2, 0.25) is 0 Å². The van der Waals surface area contributed by atoms with Gasteiger partial charge < -0.3 is 10.6 Å².